The molecule has 4 atom stereocenters. The molecule has 2 aromatic rings. The lowest BCUT2D eigenvalue weighted by atomic mass is 9.85. The molecular formula is C29H44ClN5O4S. The van der Waals surface area contributed by atoms with Gasteiger partial charge < -0.3 is 26.4 Å². The Morgan fingerprint density at radius 3 is 2.40 bits per heavy atom. The van der Waals surface area contributed by atoms with Gasteiger partial charge in [-0.25, -0.2) is 4.98 Å². The Morgan fingerprint density at radius 2 is 1.82 bits per heavy atom. The lowest BCUT2D eigenvalue weighted by molar-refractivity contribution is -0.144. The first-order valence-corrected chi connectivity index (χ1v) is 14.6. The van der Waals surface area contributed by atoms with E-state index < -0.39 is 23.6 Å². The lowest BCUT2D eigenvalue weighted by Crippen LogP contribution is -2.57. The van der Waals surface area contributed by atoms with Crippen molar-refractivity contribution >= 4 is 41.5 Å². The van der Waals surface area contributed by atoms with Gasteiger partial charge in [-0.15, -0.1) is 23.7 Å². The third-order valence-corrected chi connectivity index (χ3v) is 8.15. The van der Waals surface area contributed by atoms with Crippen LogP contribution in [0.25, 0.3) is 10.4 Å². The van der Waals surface area contributed by atoms with E-state index in [-0.39, 0.29) is 49.1 Å². The molecule has 2 heterocycles. The fraction of sp³-hybridized carbons (Fsp3) is 0.586. The maximum absolute atomic E-state index is 13.7. The number of aryl methyl sites for hydroxylation is 1. The van der Waals surface area contributed by atoms with Crippen LogP contribution in [0.1, 0.15) is 77.1 Å². The van der Waals surface area contributed by atoms with E-state index in [0.29, 0.717) is 19.4 Å². The average Bonchev–Trinajstić information content (AvgIpc) is 3.49. The molecule has 1 aromatic carbocycles. The van der Waals surface area contributed by atoms with Crippen LogP contribution < -0.4 is 16.4 Å². The number of aromatic nitrogens is 1. The molecule has 0 bridgehead atoms. The number of hydrogen-bond acceptors (Lipinski definition) is 7. The molecule has 1 aromatic heterocycles. The van der Waals surface area contributed by atoms with Crippen LogP contribution in [-0.4, -0.2) is 64.0 Å². The number of unbranched alkanes of at least 4 members (excludes halogenated alkanes) is 2. The van der Waals surface area contributed by atoms with Gasteiger partial charge in [0.25, 0.3) is 0 Å². The number of nitrogens with two attached hydrogens (primary N) is 1. The van der Waals surface area contributed by atoms with E-state index in [1.807, 2.05) is 64.4 Å². The number of nitrogens with one attached hydrogen (secondary N) is 2. The summed E-state index contributed by atoms with van der Waals surface area (Å²) >= 11 is 1.59. The third-order valence-electron chi connectivity index (χ3n) is 7.17. The maximum atomic E-state index is 13.7. The highest BCUT2D eigenvalue weighted by Crippen LogP contribution is 2.29. The number of nitrogens with zero attached hydrogens (tertiary/aromatic N) is 2. The van der Waals surface area contributed by atoms with Crippen LogP contribution in [-0.2, 0) is 14.4 Å². The second kappa shape index (κ2) is 14.9. The molecule has 11 heteroatoms. The summed E-state index contributed by atoms with van der Waals surface area (Å²) in [5.74, 6) is -0.881. The van der Waals surface area contributed by atoms with Crippen LogP contribution in [0.4, 0.5) is 0 Å². The molecule has 1 saturated heterocycles. The largest absolute Gasteiger partial charge is 0.391 e. The topological polar surface area (TPSA) is 138 Å². The quantitative estimate of drug-likeness (QED) is 0.293. The molecule has 0 unspecified atom stereocenters. The predicted octanol–water partition coefficient (Wildman–Crippen LogP) is 3.73. The summed E-state index contributed by atoms with van der Waals surface area (Å²) in [6, 6.07) is 6.05. The first-order valence-electron chi connectivity index (χ1n) is 13.7. The number of benzene rings is 1. The van der Waals surface area contributed by atoms with Crippen molar-refractivity contribution in [1.82, 2.24) is 20.5 Å². The molecule has 0 aliphatic carbocycles. The molecule has 0 radical (unpaired) electrons. The van der Waals surface area contributed by atoms with Gasteiger partial charge in [0.1, 0.15) is 12.1 Å². The summed E-state index contributed by atoms with van der Waals surface area (Å²) in [4.78, 5) is 46.5. The first-order chi connectivity index (χ1) is 18.4. The van der Waals surface area contributed by atoms with Crippen molar-refractivity contribution in [1.29, 1.82) is 0 Å². The SMILES string of the molecule is Cc1ncsc1-c1ccc([C@H](C)NC(=O)[C@@H]2C[C@@H](O)CN2C(=O)[C@@H](NC(=O)CCCCCN)C(C)(C)C)cc1.Cl. The fourth-order valence-electron chi connectivity index (χ4n) is 4.86. The number of amides is 3. The second-order valence-corrected chi connectivity index (χ2v) is 12.3. The van der Waals surface area contributed by atoms with Crippen LogP contribution in [0, 0.1) is 12.3 Å². The Morgan fingerprint density at radius 1 is 1.15 bits per heavy atom. The molecule has 5 N–H and O–H groups in total. The molecule has 1 aliphatic heterocycles. The minimum Gasteiger partial charge on any atom is -0.391 e. The molecule has 40 heavy (non-hydrogen) atoms. The lowest BCUT2D eigenvalue weighted by Gasteiger charge is -2.35. The van der Waals surface area contributed by atoms with Gasteiger partial charge in [-0.05, 0) is 49.8 Å². The number of likely N-dealkylation sites (tertiary alicyclic amines) is 1. The van der Waals surface area contributed by atoms with E-state index >= 15 is 0 Å². The summed E-state index contributed by atoms with van der Waals surface area (Å²) in [5, 5.41) is 16.3. The number of hydrogen-bond donors (Lipinski definition) is 4. The van der Waals surface area contributed by atoms with E-state index in [1.165, 1.54) is 4.90 Å². The van der Waals surface area contributed by atoms with Gasteiger partial charge in [-0.3, -0.25) is 14.4 Å². The van der Waals surface area contributed by atoms with E-state index in [1.54, 1.807) is 11.3 Å². The Labute approximate surface area is 247 Å². The number of carbonyl (C=O) groups is 3. The monoisotopic (exact) mass is 593 g/mol. The van der Waals surface area contributed by atoms with Crippen molar-refractivity contribution in [3.8, 4) is 10.4 Å². The highest BCUT2D eigenvalue weighted by molar-refractivity contribution is 7.13. The van der Waals surface area contributed by atoms with Crippen molar-refractivity contribution < 1.29 is 19.5 Å². The Balaban J connectivity index is 0.00000560. The van der Waals surface area contributed by atoms with Gasteiger partial charge in [0.05, 0.1) is 28.2 Å². The van der Waals surface area contributed by atoms with Crippen LogP contribution in [0.5, 0.6) is 0 Å². The fourth-order valence-corrected chi connectivity index (χ4v) is 5.67. The highest BCUT2D eigenvalue weighted by Gasteiger charge is 2.44. The number of aliphatic hydroxyl groups excluding tert-OH is 1. The van der Waals surface area contributed by atoms with Crippen LogP contribution in [0.2, 0.25) is 0 Å². The molecule has 0 spiro atoms. The number of carbonyl (C=O) groups excluding carboxylic acids is 3. The molecule has 3 amide bonds. The molecule has 222 valence electrons. The summed E-state index contributed by atoms with van der Waals surface area (Å²) in [6.07, 6.45) is 2.05. The number of β-amino-alcohol motifs (C(OH)–C–C–N with tert-alkyl or cyclic N) is 1. The van der Waals surface area contributed by atoms with Crippen LogP contribution in [0.15, 0.2) is 29.8 Å². The van der Waals surface area contributed by atoms with Crippen molar-refractivity contribution in [2.24, 2.45) is 11.1 Å². The highest BCUT2D eigenvalue weighted by atomic mass is 35.5. The Bertz CT molecular complexity index is 1130. The third kappa shape index (κ3) is 8.73. The van der Waals surface area contributed by atoms with E-state index in [2.05, 4.69) is 15.6 Å². The van der Waals surface area contributed by atoms with Crippen molar-refractivity contribution in [3.05, 3.63) is 41.0 Å². The van der Waals surface area contributed by atoms with E-state index in [4.69, 9.17) is 5.73 Å². The molecule has 1 aliphatic rings. The Hall–Kier alpha value is -2.53. The zero-order valence-corrected chi connectivity index (χ0v) is 25.7. The van der Waals surface area contributed by atoms with Gasteiger partial charge in [0.2, 0.25) is 17.7 Å². The molecule has 9 nitrogen and oxygen atoms in total. The van der Waals surface area contributed by atoms with Crippen LogP contribution >= 0.6 is 23.7 Å². The van der Waals surface area contributed by atoms with Crippen molar-refractivity contribution in [2.45, 2.75) is 91.0 Å². The minimum absolute atomic E-state index is 0. The summed E-state index contributed by atoms with van der Waals surface area (Å²) < 4.78 is 0. The number of halogens is 1. The van der Waals surface area contributed by atoms with E-state index in [0.717, 1.165) is 34.5 Å². The van der Waals surface area contributed by atoms with Crippen LogP contribution in [0.3, 0.4) is 0 Å². The molecular weight excluding hydrogens is 550 g/mol. The van der Waals surface area contributed by atoms with E-state index in [9.17, 15) is 19.5 Å². The van der Waals surface area contributed by atoms with Gasteiger partial charge in [-0.1, -0.05) is 51.5 Å². The average molecular weight is 594 g/mol. The summed E-state index contributed by atoms with van der Waals surface area (Å²) in [6.45, 7) is 10.1. The number of thiazole rings is 1. The zero-order valence-electron chi connectivity index (χ0n) is 24.1. The van der Waals surface area contributed by atoms with Gasteiger partial charge in [0, 0.05) is 19.4 Å². The van der Waals surface area contributed by atoms with Gasteiger partial charge in [0.15, 0.2) is 0 Å². The maximum Gasteiger partial charge on any atom is 0.246 e. The molecule has 1 fully saturated rings. The first kappa shape index (κ1) is 33.7. The normalized spacial score (nSPS) is 18.5. The zero-order chi connectivity index (χ0) is 28.7. The number of aliphatic hydroxyl groups is 1. The van der Waals surface area contributed by atoms with Crippen molar-refractivity contribution in [3.63, 3.8) is 0 Å². The second-order valence-electron chi connectivity index (χ2n) is 11.5. The molecule has 0 saturated carbocycles. The minimum atomic E-state index is -0.819. The summed E-state index contributed by atoms with van der Waals surface area (Å²) in [5.41, 5.74) is 9.76. The molecule has 3 rings (SSSR count). The van der Waals surface area contributed by atoms with Crippen molar-refractivity contribution in [2.75, 3.05) is 13.1 Å². The smallest absolute Gasteiger partial charge is 0.246 e. The predicted molar refractivity (Wildman–Crippen MR) is 161 cm³/mol. The van der Waals surface area contributed by atoms with Gasteiger partial charge in [-0.2, -0.15) is 0 Å². The Kier molecular flexibility index (Phi) is 12.6. The summed E-state index contributed by atoms with van der Waals surface area (Å²) in [7, 11) is 0. The standard InChI is InChI=1S/C29H43N5O4S.ClH/c1-18(20-10-12-21(13-11-20)25-19(2)31-17-39-25)32-27(37)23-15-22(35)16-34(23)28(38)26(29(3,4)5)33-24(36)9-7-6-8-14-30;/h10-13,17-18,22-23,26,35H,6-9,14-16,30H2,1-5H3,(H,32,37)(H,33,36);1H/t18-,22+,23-,26+;/m0./s1. The number of rotatable bonds is 11. The van der Waals surface area contributed by atoms with Gasteiger partial charge >= 0.3 is 0 Å².